The SMILES string of the molecule is CON(C)C(=O)[C@@H]1CCC(C)N1C(=O)OC(C)(C)C. The Morgan fingerprint density at radius 3 is 2.32 bits per heavy atom. The fraction of sp³-hybridized carbons (Fsp3) is 0.846. The Morgan fingerprint density at radius 1 is 1.26 bits per heavy atom. The van der Waals surface area contributed by atoms with E-state index >= 15 is 0 Å². The number of hydrogen-bond acceptors (Lipinski definition) is 4. The zero-order valence-corrected chi connectivity index (χ0v) is 12.6. The van der Waals surface area contributed by atoms with Crippen molar-refractivity contribution >= 4 is 12.0 Å². The molecule has 6 nitrogen and oxygen atoms in total. The third-order valence-corrected chi connectivity index (χ3v) is 3.14. The second kappa shape index (κ2) is 5.77. The minimum absolute atomic E-state index is 0.00550. The Morgan fingerprint density at radius 2 is 1.84 bits per heavy atom. The Labute approximate surface area is 114 Å². The predicted octanol–water partition coefficient (Wildman–Crippen LogP) is 1.79. The first kappa shape index (κ1) is 15.8. The number of amides is 2. The quantitative estimate of drug-likeness (QED) is 0.719. The largest absolute Gasteiger partial charge is 0.444 e. The smallest absolute Gasteiger partial charge is 0.411 e. The number of rotatable bonds is 2. The number of ether oxygens (including phenoxy) is 1. The molecule has 0 N–H and O–H groups in total. The summed E-state index contributed by atoms with van der Waals surface area (Å²) in [5.74, 6) is -0.224. The van der Waals surface area contributed by atoms with Crippen molar-refractivity contribution in [2.45, 2.75) is 58.2 Å². The van der Waals surface area contributed by atoms with Crippen molar-refractivity contribution < 1.29 is 19.2 Å². The van der Waals surface area contributed by atoms with Gasteiger partial charge in [0.05, 0.1) is 7.11 Å². The Kier molecular flexibility index (Phi) is 4.79. The summed E-state index contributed by atoms with van der Waals surface area (Å²) in [6.07, 6.45) is 0.973. The van der Waals surface area contributed by atoms with Crippen LogP contribution in [0.25, 0.3) is 0 Å². The molecule has 2 amide bonds. The summed E-state index contributed by atoms with van der Waals surface area (Å²) in [4.78, 5) is 30.8. The van der Waals surface area contributed by atoms with Gasteiger partial charge in [-0.25, -0.2) is 9.86 Å². The molecule has 1 rings (SSSR count). The van der Waals surface area contributed by atoms with Crippen molar-refractivity contribution in [3.05, 3.63) is 0 Å². The maximum atomic E-state index is 12.2. The van der Waals surface area contributed by atoms with Gasteiger partial charge < -0.3 is 4.74 Å². The minimum Gasteiger partial charge on any atom is -0.444 e. The topological polar surface area (TPSA) is 59.1 Å². The highest BCUT2D eigenvalue weighted by Gasteiger charge is 2.42. The van der Waals surface area contributed by atoms with E-state index in [9.17, 15) is 9.59 Å². The van der Waals surface area contributed by atoms with Crippen molar-refractivity contribution in [3.63, 3.8) is 0 Å². The van der Waals surface area contributed by atoms with E-state index in [0.717, 1.165) is 11.5 Å². The highest BCUT2D eigenvalue weighted by molar-refractivity contribution is 5.85. The molecule has 0 aromatic heterocycles. The van der Waals surface area contributed by atoms with E-state index in [1.54, 1.807) is 7.05 Å². The van der Waals surface area contributed by atoms with Crippen LogP contribution in [-0.2, 0) is 14.4 Å². The first-order chi connectivity index (χ1) is 8.67. The van der Waals surface area contributed by atoms with E-state index in [1.807, 2.05) is 27.7 Å². The molecule has 2 atom stereocenters. The Bertz CT molecular complexity index is 351. The standard InChI is InChI=1S/C13H24N2O4/c1-9-7-8-10(11(16)14(5)18-6)15(9)12(17)19-13(2,3)4/h9-10H,7-8H2,1-6H3/t9?,10-/m0/s1. The second-order valence-corrected chi connectivity index (χ2v) is 5.85. The lowest BCUT2D eigenvalue weighted by molar-refractivity contribution is -0.173. The Hall–Kier alpha value is -1.30. The van der Waals surface area contributed by atoms with Crippen LogP contribution in [0, 0.1) is 0 Å². The van der Waals surface area contributed by atoms with Gasteiger partial charge in [-0.15, -0.1) is 0 Å². The number of carbonyl (C=O) groups excluding carboxylic acids is 2. The van der Waals surface area contributed by atoms with Gasteiger partial charge in [0.25, 0.3) is 5.91 Å². The van der Waals surface area contributed by atoms with Crippen molar-refractivity contribution in [3.8, 4) is 0 Å². The van der Waals surface area contributed by atoms with Crippen LogP contribution in [0.4, 0.5) is 4.79 Å². The maximum Gasteiger partial charge on any atom is 0.411 e. The summed E-state index contributed by atoms with van der Waals surface area (Å²) in [5, 5.41) is 1.15. The monoisotopic (exact) mass is 272 g/mol. The molecule has 6 heteroatoms. The summed E-state index contributed by atoms with van der Waals surface area (Å²) < 4.78 is 5.36. The van der Waals surface area contributed by atoms with E-state index in [2.05, 4.69) is 0 Å². The van der Waals surface area contributed by atoms with Crippen LogP contribution in [0.1, 0.15) is 40.5 Å². The molecular formula is C13H24N2O4. The lowest BCUT2D eigenvalue weighted by atomic mass is 10.2. The number of nitrogens with zero attached hydrogens (tertiary/aromatic N) is 2. The van der Waals surface area contributed by atoms with Crippen molar-refractivity contribution in [1.29, 1.82) is 0 Å². The van der Waals surface area contributed by atoms with Gasteiger partial charge >= 0.3 is 6.09 Å². The second-order valence-electron chi connectivity index (χ2n) is 5.85. The predicted molar refractivity (Wildman–Crippen MR) is 70.3 cm³/mol. The van der Waals surface area contributed by atoms with E-state index in [-0.39, 0.29) is 11.9 Å². The van der Waals surface area contributed by atoms with Crippen LogP contribution in [0.2, 0.25) is 0 Å². The number of likely N-dealkylation sites (tertiary alicyclic amines) is 1. The average Bonchev–Trinajstić information content (AvgIpc) is 2.66. The van der Waals surface area contributed by atoms with Crippen LogP contribution in [0.15, 0.2) is 0 Å². The molecule has 0 bridgehead atoms. The zero-order chi connectivity index (χ0) is 14.8. The highest BCUT2D eigenvalue weighted by Crippen LogP contribution is 2.27. The lowest BCUT2D eigenvalue weighted by Gasteiger charge is -2.31. The van der Waals surface area contributed by atoms with Gasteiger partial charge in [0.1, 0.15) is 11.6 Å². The molecule has 0 radical (unpaired) electrons. The van der Waals surface area contributed by atoms with E-state index in [0.29, 0.717) is 6.42 Å². The molecule has 0 spiro atoms. The molecule has 0 aliphatic carbocycles. The third-order valence-electron chi connectivity index (χ3n) is 3.14. The number of carbonyl (C=O) groups is 2. The summed E-state index contributed by atoms with van der Waals surface area (Å²) in [7, 11) is 2.96. The molecule has 0 aromatic rings. The van der Waals surface area contributed by atoms with Gasteiger partial charge in [0.15, 0.2) is 0 Å². The molecule has 1 saturated heterocycles. The summed E-state index contributed by atoms with van der Waals surface area (Å²) >= 11 is 0. The molecule has 0 saturated carbocycles. The van der Waals surface area contributed by atoms with Gasteiger partial charge in [-0.2, -0.15) is 0 Å². The molecule has 1 aliphatic rings. The van der Waals surface area contributed by atoms with Gasteiger partial charge in [0, 0.05) is 13.1 Å². The third kappa shape index (κ3) is 3.83. The molecular weight excluding hydrogens is 248 g/mol. The van der Waals surface area contributed by atoms with E-state index in [4.69, 9.17) is 9.57 Å². The van der Waals surface area contributed by atoms with Gasteiger partial charge in [0.2, 0.25) is 0 Å². The molecule has 110 valence electrons. The van der Waals surface area contributed by atoms with Crippen LogP contribution in [0.5, 0.6) is 0 Å². The van der Waals surface area contributed by atoms with Gasteiger partial charge in [-0.1, -0.05) is 0 Å². The number of hydrogen-bond donors (Lipinski definition) is 0. The summed E-state index contributed by atoms with van der Waals surface area (Å²) in [5.41, 5.74) is -0.569. The molecule has 1 aliphatic heterocycles. The summed E-state index contributed by atoms with van der Waals surface area (Å²) in [6, 6.07) is -0.510. The van der Waals surface area contributed by atoms with Crippen molar-refractivity contribution in [2.24, 2.45) is 0 Å². The zero-order valence-electron chi connectivity index (χ0n) is 12.6. The first-order valence-corrected chi connectivity index (χ1v) is 6.50. The fourth-order valence-electron chi connectivity index (χ4n) is 2.15. The number of hydroxylamine groups is 2. The minimum atomic E-state index is -0.569. The van der Waals surface area contributed by atoms with Crippen molar-refractivity contribution in [2.75, 3.05) is 14.2 Å². The first-order valence-electron chi connectivity index (χ1n) is 6.50. The average molecular weight is 272 g/mol. The molecule has 1 heterocycles. The Balaban J connectivity index is 2.83. The van der Waals surface area contributed by atoms with Crippen LogP contribution >= 0.6 is 0 Å². The van der Waals surface area contributed by atoms with Crippen LogP contribution < -0.4 is 0 Å². The van der Waals surface area contributed by atoms with Crippen LogP contribution in [-0.4, -0.2) is 53.8 Å². The van der Waals surface area contributed by atoms with Gasteiger partial charge in [-0.05, 0) is 40.5 Å². The molecule has 19 heavy (non-hydrogen) atoms. The van der Waals surface area contributed by atoms with E-state index in [1.165, 1.54) is 12.0 Å². The molecule has 1 fully saturated rings. The van der Waals surface area contributed by atoms with Gasteiger partial charge in [-0.3, -0.25) is 14.5 Å². The molecule has 0 aromatic carbocycles. The fourth-order valence-corrected chi connectivity index (χ4v) is 2.15. The molecule has 1 unspecified atom stereocenters. The maximum absolute atomic E-state index is 12.2. The highest BCUT2D eigenvalue weighted by atomic mass is 16.7. The normalized spacial score (nSPS) is 23.4. The number of likely N-dealkylation sites (N-methyl/N-ethyl adjacent to an activating group) is 1. The van der Waals surface area contributed by atoms with Crippen molar-refractivity contribution in [1.82, 2.24) is 9.96 Å². The lowest BCUT2D eigenvalue weighted by Crippen LogP contribution is -2.50. The summed E-state index contributed by atoms with van der Waals surface area (Å²) in [6.45, 7) is 7.35. The van der Waals surface area contributed by atoms with E-state index < -0.39 is 17.7 Å². The van der Waals surface area contributed by atoms with Crippen LogP contribution in [0.3, 0.4) is 0 Å².